The molecule has 0 unspecified atom stereocenters. The fraction of sp³-hybridized carbons (Fsp3) is 0.0588. The van der Waals surface area contributed by atoms with Crippen LogP contribution in [0.1, 0.15) is 31.8 Å². The van der Waals surface area contributed by atoms with E-state index in [-0.39, 0.29) is 11.8 Å². The molecule has 2 N–H and O–H groups in total. The van der Waals surface area contributed by atoms with Crippen molar-refractivity contribution in [3.63, 3.8) is 0 Å². The van der Waals surface area contributed by atoms with E-state index >= 15 is 0 Å². The van der Waals surface area contributed by atoms with E-state index in [1.165, 1.54) is 0 Å². The Morgan fingerprint density at radius 3 is 1.14 bits per heavy atom. The van der Waals surface area contributed by atoms with Gasteiger partial charge in [-0.3, -0.25) is 9.59 Å². The second kappa shape index (κ2) is 14.5. The molecule has 0 spiro atoms. The zero-order valence-electron chi connectivity index (χ0n) is 22.4. The summed E-state index contributed by atoms with van der Waals surface area (Å²) in [7, 11) is 0. The van der Waals surface area contributed by atoms with Crippen molar-refractivity contribution in [2.24, 2.45) is 0 Å². The molecule has 8 heteroatoms. The minimum atomic E-state index is -0.196. The van der Waals surface area contributed by atoms with Crippen LogP contribution in [0.5, 0.6) is 0 Å². The van der Waals surface area contributed by atoms with E-state index in [1.807, 2.05) is 97.1 Å². The molecule has 0 aliphatic carbocycles. The number of halogens is 2. The Bertz CT molecular complexity index is 1520. The van der Waals surface area contributed by atoms with Gasteiger partial charge >= 0.3 is 0 Å². The summed E-state index contributed by atoms with van der Waals surface area (Å²) < 4.78 is 0. The van der Waals surface area contributed by atoms with Gasteiger partial charge in [0, 0.05) is 53.8 Å². The maximum Gasteiger partial charge on any atom is 0.255 e. The predicted octanol–water partition coefficient (Wildman–Crippen LogP) is 10.1. The number of hydrogen-bond donors (Lipinski definition) is 2. The third kappa shape index (κ3) is 8.66. The zero-order valence-corrected chi connectivity index (χ0v) is 25.5. The van der Waals surface area contributed by atoms with Crippen molar-refractivity contribution in [2.45, 2.75) is 21.3 Å². The minimum Gasteiger partial charge on any atom is -0.322 e. The number of carbonyl (C=O) groups excluding carboxylic acids is 2. The number of nitrogens with one attached hydrogen (secondary N) is 2. The fourth-order valence-corrected chi connectivity index (χ4v) is 5.90. The maximum absolute atomic E-state index is 12.7. The molecule has 42 heavy (non-hydrogen) atoms. The van der Waals surface area contributed by atoms with Gasteiger partial charge in [0.2, 0.25) is 0 Å². The average Bonchev–Trinajstić information content (AvgIpc) is 3.02. The first-order valence-electron chi connectivity index (χ1n) is 13.1. The predicted molar refractivity (Wildman–Crippen MR) is 177 cm³/mol. The van der Waals surface area contributed by atoms with Gasteiger partial charge < -0.3 is 10.6 Å². The van der Waals surface area contributed by atoms with Gasteiger partial charge in [-0.05, 0) is 108 Å². The molecule has 0 saturated heterocycles. The van der Waals surface area contributed by atoms with E-state index in [4.69, 9.17) is 23.2 Å². The monoisotopic (exact) mass is 628 g/mol. The van der Waals surface area contributed by atoms with Crippen LogP contribution in [0.25, 0.3) is 0 Å². The lowest BCUT2D eigenvalue weighted by molar-refractivity contribution is 0.101. The van der Waals surface area contributed by atoms with Crippen LogP contribution < -0.4 is 10.6 Å². The summed E-state index contributed by atoms with van der Waals surface area (Å²) in [6, 6.07) is 37.7. The van der Waals surface area contributed by atoms with E-state index in [0.717, 1.165) is 42.5 Å². The lowest BCUT2D eigenvalue weighted by Crippen LogP contribution is -2.13. The molecule has 5 aromatic rings. The molecule has 0 aliphatic heterocycles. The Hall–Kier alpha value is -3.68. The Morgan fingerprint density at radius 1 is 0.476 bits per heavy atom. The molecular weight excluding hydrogens is 603 g/mol. The highest BCUT2D eigenvalue weighted by Crippen LogP contribution is 2.26. The van der Waals surface area contributed by atoms with Crippen LogP contribution in [-0.2, 0) is 11.5 Å². The third-order valence-electron chi connectivity index (χ3n) is 6.27. The van der Waals surface area contributed by atoms with E-state index in [2.05, 4.69) is 10.6 Å². The highest BCUT2D eigenvalue weighted by Gasteiger charge is 2.09. The summed E-state index contributed by atoms with van der Waals surface area (Å²) >= 11 is 15.3. The molecule has 4 nitrogen and oxygen atoms in total. The number of anilines is 2. The SMILES string of the molecule is O=C(Nc1ccc(NC(=O)c2ccc(CSc3ccc(Cl)cc3)cc2)cc1)c1ccc(CSc2ccc(Cl)cc2)cc1. The van der Waals surface area contributed by atoms with Crippen molar-refractivity contribution >= 4 is 69.9 Å². The molecule has 0 fully saturated rings. The molecule has 0 aliphatic rings. The van der Waals surface area contributed by atoms with Crippen molar-refractivity contribution in [3.8, 4) is 0 Å². The van der Waals surface area contributed by atoms with Crippen LogP contribution in [0.2, 0.25) is 10.0 Å². The lowest BCUT2D eigenvalue weighted by Gasteiger charge is -2.09. The lowest BCUT2D eigenvalue weighted by atomic mass is 10.1. The molecule has 5 rings (SSSR count). The van der Waals surface area contributed by atoms with Crippen molar-refractivity contribution in [3.05, 3.63) is 154 Å². The van der Waals surface area contributed by atoms with Crippen LogP contribution in [0.15, 0.2) is 131 Å². The summed E-state index contributed by atoms with van der Waals surface area (Å²) in [5, 5.41) is 7.25. The van der Waals surface area contributed by atoms with Crippen molar-refractivity contribution in [2.75, 3.05) is 10.6 Å². The molecule has 0 radical (unpaired) electrons. The quantitative estimate of drug-likeness (QED) is 0.151. The normalized spacial score (nSPS) is 10.7. The Morgan fingerprint density at radius 2 is 0.810 bits per heavy atom. The summed E-state index contributed by atoms with van der Waals surface area (Å²) in [4.78, 5) is 27.8. The number of hydrogen-bond acceptors (Lipinski definition) is 4. The average molecular weight is 630 g/mol. The van der Waals surface area contributed by atoms with Gasteiger partial charge in [0.05, 0.1) is 0 Å². The van der Waals surface area contributed by atoms with E-state index in [0.29, 0.717) is 22.5 Å². The molecule has 2 amide bonds. The largest absolute Gasteiger partial charge is 0.322 e. The summed E-state index contributed by atoms with van der Waals surface area (Å²) in [5.41, 5.74) is 4.67. The highest BCUT2D eigenvalue weighted by molar-refractivity contribution is 7.98. The Kier molecular flexibility index (Phi) is 10.3. The van der Waals surface area contributed by atoms with Gasteiger partial charge in [-0.15, -0.1) is 23.5 Å². The van der Waals surface area contributed by atoms with Crippen LogP contribution in [0.3, 0.4) is 0 Å². The van der Waals surface area contributed by atoms with E-state index in [9.17, 15) is 9.59 Å². The molecule has 0 saturated carbocycles. The number of benzene rings is 5. The second-order valence-electron chi connectivity index (χ2n) is 9.36. The van der Waals surface area contributed by atoms with Crippen LogP contribution in [-0.4, -0.2) is 11.8 Å². The minimum absolute atomic E-state index is 0.196. The zero-order chi connectivity index (χ0) is 29.3. The molecule has 0 aromatic heterocycles. The smallest absolute Gasteiger partial charge is 0.255 e. The molecule has 0 atom stereocenters. The number of carbonyl (C=O) groups is 2. The van der Waals surface area contributed by atoms with Gasteiger partial charge in [-0.2, -0.15) is 0 Å². The van der Waals surface area contributed by atoms with Gasteiger partial charge in [0.25, 0.3) is 11.8 Å². The van der Waals surface area contributed by atoms with E-state index in [1.54, 1.807) is 47.8 Å². The van der Waals surface area contributed by atoms with E-state index < -0.39 is 0 Å². The molecule has 0 heterocycles. The summed E-state index contributed by atoms with van der Waals surface area (Å²) in [6.07, 6.45) is 0. The Balaban J connectivity index is 1.09. The van der Waals surface area contributed by atoms with Crippen LogP contribution >= 0.6 is 46.7 Å². The van der Waals surface area contributed by atoms with Gasteiger partial charge in [-0.1, -0.05) is 47.5 Å². The fourth-order valence-electron chi connectivity index (χ4n) is 3.94. The second-order valence-corrected chi connectivity index (χ2v) is 12.3. The standard InChI is InChI=1S/C34H26Cl2N2O2S2/c35-27-9-17-31(18-10-27)41-21-23-1-5-25(6-2-23)33(39)37-29-13-15-30(16-14-29)38-34(40)26-7-3-24(4-8-26)22-42-32-19-11-28(36)12-20-32/h1-20H,21-22H2,(H,37,39)(H,38,40). The van der Waals surface area contributed by atoms with Gasteiger partial charge in [0.15, 0.2) is 0 Å². The topological polar surface area (TPSA) is 58.2 Å². The van der Waals surface area contributed by atoms with Crippen molar-refractivity contribution < 1.29 is 9.59 Å². The summed E-state index contributed by atoms with van der Waals surface area (Å²) in [5.74, 6) is 1.20. The highest BCUT2D eigenvalue weighted by atomic mass is 35.5. The molecular formula is C34H26Cl2N2O2S2. The molecule has 210 valence electrons. The molecule has 0 bridgehead atoms. The first-order chi connectivity index (χ1) is 20.4. The van der Waals surface area contributed by atoms with Gasteiger partial charge in [-0.25, -0.2) is 0 Å². The number of rotatable bonds is 10. The van der Waals surface area contributed by atoms with Crippen molar-refractivity contribution in [1.29, 1.82) is 0 Å². The maximum atomic E-state index is 12.7. The van der Waals surface area contributed by atoms with Crippen molar-refractivity contribution in [1.82, 2.24) is 0 Å². The first-order valence-corrected chi connectivity index (χ1v) is 15.8. The van der Waals surface area contributed by atoms with Crippen LogP contribution in [0.4, 0.5) is 11.4 Å². The van der Waals surface area contributed by atoms with Gasteiger partial charge in [0.1, 0.15) is 0 Å². The first kappa shape index (κ1) is 29.8. The number of thioether (sulfide) groups is 2. The van der Waals surface area contributed by atoms with Crippen LogP contribution in [0, 0.1) is 0 Å². The molecule has 5 aromatic carbocycles. The summed E-state index contributed by atoms with van der Waals surface area (Å²) in [6.45, 7) is 0. The Labute approximate surface area is 263 Å². The third-order valence-corrected chi connectivity index (χ3v) is 8.94. The number of amides is 2.